The maximum absolute atomic E-state index is 12.3. The first-order valence-electron chi connectivity index (χ1n) is 9.10. The minimum absolute atomic E-state index is 0.0341. The molecule has 1 aliphatic rings. The second kappa shape index (κ2) is 8.52. The maximum Gasteiger partial charge on any atom is 0.317 e. The molecule has 1 unspecified atom stereocenters. The number of amides is 2. The van der Waals surface area contributed by atoms with Crippen molar-refractivity contribution in [3.63, 3.8) is 0 Å². The van der Waals surface area contributed by atoms with Crippen molar-refractivity contribution in [1.82, 2.24) is 10.2 Å². The summed E-state index contributed by atoms with van der Waals surface area (Å²) in [4.78, 5) is 14.3. The highest BCUT2D eigenvalue weighted by atomic mass is 16.3. The van der Waals surface area contributed by atoms with Crippen LogP contribution in [0.25, 0.3) is 0 Å². The van der Waals surface area contributed by atoms with Gasteiger partial charge in [-0.05, 0) is 49.5 Å². The van der Waals surface area contributed by atoms with Crippen LogP contribution in [0, 0.1) is 11.3 Å². The number of urea groups is 1. The van der Waals surface area contributed by atoms with Gasteiger partial charge in [0, 0.05) is 19.6 Å². The average molecular weight is 332 g/mol. The number of hydrogen-bond acceptors (Lipinski definition) is 2. The van der Waals surface area contributed by atoms with Crippen molar-refractivity contribution in [3.05, 3.63) is 35.9 Å². The summed E-state index contributed by atoms with van der Waals surface area (Å²) in [5, 5.41) is 12.6. The van der Waals surface area contributed by atoms with Crippen LogP contribution in [-0.2, 0) is 6.42 Å². The minimum Gasteiger partial charge on any atom is -0.393 e. The second-order valence-electron chi connectivity index (χ2n) is 8.00. The van der Waals surface area contributed by atoms with Crippen LogP contribution in [0.2, 0.25) is 0 Å². The fourth-order valence-electron chi connectivity index (χ4n) is 3.59. The second-order valence-corrected chi connectivity index (χ2v) is 8.00. The molecule has 1 saturated heterocycles. The number of piperidine rings is 1. The van der Waals surface area contributed by atoms with Gasteiger partial charge in [0.15, 0.2) is 0 Å². The Hall–Kier alpha value is -1.55. The molecule has 1 aromatic carbocycles. The number of carbonyl (C=O) groups excluding carboxylic acids is 1. The molecule has 4 heteroatoms. The third kappa shape index (κ3) is 6.16. The zero-order valence-corrected chi connectivity index (χ0v) is 15.3. The Labute approximate surface area is 146 Å². The van der Waals surface area contributed by atoms with E-state index in [4.69, 9.17) is 0 Å². The molecule has 0 aromatic heterocycles. The molecule has 1 heterocycles. The van der Waals surface area contributed by atoms with Crippen molar-refractivity contribution in [2.45, 2.75) is 52.6 Å². The van der Waals surface area contributed by atoms with E-state index in [0.717, 1.165) is 32.4 Å². The monoisotopic (exact) mass is 332 g/mol. The van der Waals surface area contributed by atoms with Gasteiger partial charge in [0.05, 0.1) is 6.10 Å². The summed E-state index contributed by atoms with van der Waals surface area (Å²) >= 11 is 0. The SMILES string of the molecule is CC(O)CC(C)(C)CNC(=O)N1CCC(Cc2ccccc2)CC1. The van der Waals surface area contributed by atoms with Crippen molar-refractivity contribution in [2.75, 3.05) is 19.6 Å². The first-order valence-corrected chi connectivity index (χ1v) is 9.10. The average Bonchev–Trinajstić information content (AvgIpc) is 2.53. The van der Waals surface area contributed by atoms with Gasteiger partial charge in [-0.25, -0.2) is 4.79 Å². The molecule has 2 N–H and O–H groups in total. The molecule has 0 spiro atoms. The summed E-state index contributed by atoms with van der Waals surface area (Å²) in [5.41, 5.74) is 1.30. The smallest absolute Gasteiger partial charge is 0.317 e. The van der Waals surface area contributed by atoms with Crippen LogP contribution in [0.15, 0.2) is 30.3 Å². The number of hydrogen-bond donors (Lipinski definition) is 2. The topological polar surface area (TPSA) is 52.6 Å². The highest BCUT2D eigenvalue weighted by Gasteiger charge is 2.25. The zero-order valence-electron chi connectivity index (χ0n) is 15.3. The van der Waals surface area contributed by atoms with Gasteiger partial charge in [-0.2, -0.15) is 0 Å². The van der Waals surface area contributed by atoms with Crippen LogP contribution in [-0.4, -0.2) is 41.8 Å². The fourth-order valence-corrected chi connectivity index (χ4v) is 3.59. The van der Waals surface area contributed by atoms with Gasteiger partial charge in [-0.15, -0.1) is 0 Å². The predicted molar refractivity (Wildman–Crippen MR) is 97.9 cm³/mol. The van der Waals surface area contributed by atoms with Crippen LogP contribution in [0.1, 0.15) is 45.6 Å². The number of likely N-dealkylation sites (tertiary alicyclic amines) is 1. The summed E-state index contributed by atoms with van der Waals surface area (Å²) in [5.74, 6) is 0.670. The lowest BCUT2D eigenvalue weighted by molar-refractivity contribution is 0.124. The highest BCUT2D eigenvalue weighted by Crippen LogP contribution is 2.23. The van der Waals surface area contributed by atoms with Crippen LogP contribution in [0.4, 0.5) is 4.79 Å². The summed E-state index contributed by atoms with van der Waals surface area (Å²) in [6, 6.07) is 10.6. The molecule has 134 valence electrons. The third-order valence-corrected chi connectivity index (χ3v) is 4.84. The summed E-state index contributed by atoms with van der Waals surface area (Å²) in [6.07, 6.45) is 3.59. The Balaban J connectivity index is 1.72. The summed E-state index contributed by atoms with van der Waals surface area (Å²) in [7, 11) is 0. The van der Waals surface area contributed by atoms with E-state index >= 15 is 0 Å². The lowest BCUT2D eigenvalue weighted by Gasteiger charge is -2.33. The van der Waals surface area contributed by atoms with Crippen LogP contribution < -0.4 is 5.32 Å². The first-order chi connectivity index (χ1) is 11.4. The summed E-state index contributed by atoms with van der Waals surface area (Å²) in [6.45, 7) is 8.21. The van der Waals surface area contributed by atoms with Gasteiger partial charge in [0.2, 0.25) is 0 Å². The molecule has 2 amide bonds. The molecule has 0 aliphatic carbocycles. The first kappa shape index (κ1) is 18.8. The molecule has 0 bridgehead atoms. The Kier molecular flexibility index (Phi) is 6.67. The van der Waals surface area contributed by atoms with E-state index in [1.54, 1.807) is 6.92 Å². The molecule has 0 saturated carbocycles. The Morgan fingerprint density at radius 1 is 1.29 bits per heavy atom. The number of carbonyl (C=O) groups is 1. The van der Waals surface area contributed by atoms with Gasteiger partial charge in [0.1, 0.15) is 0 Å². The van der Waals surface area contributed by atoms with E-state index in [-0.39, 0.29) is 17.6 Å². The maximum atomic E-state index is 12.3. The van der Waals surface area contributed by atoms with E-state index in [9.17, 15) is 9.90 Å². The number of nitrogens with one attached hydrogen (secondary N) is 1. The molecule has 1 aromatic rings. The predicted octanol–water partition coefficient (Wildman–Crippen LogP) is 3.45. The quantitative estimate of drug-likeness (QED) is 0.838. The van der Waals surface area contributed by atoms with E-state index in [2.05, 4.69) is 49.5 Å². The van der Waals surface area contributed by atoms with Gasteiger partial charge in [-0.1, -0.05) is 44.2 Å². The zero-order chi connectivity index (χ0) is 17.6. The Morgan fingerprint density at radius 2 is 1.92 bits per heavy atom. The van der Waals surface area contributed by atoms with Crippen molar-refractivity contribution in [3.8, 4) is 0 Å². The number of aliphatic hydroxyl groups excluding tert-OH is 1. The Morgan fingerprint density at radius 3 is 2.50 bits per heavy atom. The molecule has 1 atom stereocenters. The van der Waals surface area contributed by atoms with E-state index < -0.39 is 0 Å². The van der Waals surface area contributed by atoms with E-state index in [1.807, 2.05) is 4.90 Å². The molecule has 24 heavy (non-hydrogen) atoms. The number of benzene rings is 1. The number of nitrogens with zero attached hydrogens (tertiary/aromatic N) is 1. The van der Waals surface area contributed by atoms with E-state index in [1.165, 1.54) is 5.56 Å². The van der Waals surface area contributed by atoms with Crippen LogP contribution in [0.5, 0.6) is 0 Å². The van der Waals surface area contributed by atoms with Crippen molar-refractivity contribution in [1.29, 1.82) is 0 Å². The highest BCUT2D eigenvalue weighted by molar-refractivity contribution is 5.74. The Bertz CT molecular complexity index is 506. The lowest BCUT2D eigenvalue weighted by atomic mass is 9.87. The van der Waals surface area contributed by atoms with Crippen molar-refractivity contribution < 1.29 is 9.90 Å². The van der Waals surface area contributed by atoms with E-state index in [0.29, 0.717) is 18.9 Å². The largest absolute Gasteiger partial charge is 0.393 e. The lowest BCUT2D eigenvalue weighted by Crippen LogP contribution is -2.47. The summed E-state index contributed by atoms with van der Waals surface area (Å²) < 4.78 is 0. The molecule has 0 radical (unpaired) electrons. The molecule has 1 fully saturated rings. The molecular formula is C20H32N2O2. The standard InChI is InChI=1S/C20H32N2O2/c1-16(23)14-20(2,3)15-21-19(24)22-11-9-18(10-12-22)13-17-7-5-4-6-8-17/h4-8,16,18,23H,9-15H2,1-3H3,(H,21,24). The molecule has 1 aliphatic heterocycles. The molecular weight excluding hydrogens is 300 g/mol. The van der Waals surface area contributed by atoms with Gasteiger partial charge in [-0.3, -0.25) is 0 Å². The van der Waals surface area contributed by atoms with Gasteiger partial charge < -0.3 is 15.3 Å². The van der Waals surface area contributed by atoms with Gasteiger partial charge >= 0.3 is 6.03 Å². The fraction of sp³-hybridized carbons (Fsp3) is 0.650. The van der Waals surface area contributed by atoms with Crippen molar-refractivity contribution in [2.24, 2.45) is 11.3 Å². The number of aliphatic hydroxyl groups is 1. The third-order valence-electron chi connectivity index (χ3n) is 4.84. The molecule has 2 rings (SSSR count). The molecule has 4 nitrogen and oxygen atoms in total. The normalized spacial score (nSPS) is 17.6. The van der Waals surface area contributed by atoms with Crippen molar-refractivity contribution >= 4 is 6.03 Å². The van der Waals surface area contributed by atoms with Crippen LogP contribution in [0.3, 0.4) is 0 Å². The van der Waals surface area contributed by atoms with Gasteiger partial charge in [0.25, 0.3) is 0 Å². The van der Waals surface area contributed by atoms with Crippen LogP contribution >= 0.6 is 0 Å². The minimum atomic E-state index is -0.342. The number of rotatable bonds is 6.